The van der Waals surface area contributed by atoms with Gasteiger partial charge in [-0.1, -0.05) is 6.42 Å². The van der Waals surface area contributed by atoms with Gasteiger partial charge in [0.1, 0.15) is 5.82 Å². The van der Waals surface area contributed by atoms with Crippen LogP contribution in [0.1, 0.15) is 36.2 Å². The van der Waals surface area contributed by atoms with E-state index < -0.39 is 12.0 Å². The van der Waals surface area contributed by atoms with E-state index in [4.69, 9.17) is 0 Å². The highest BCUT2D eigenvalue weighted by atomic mass is 19.4. The normalized spacial score (nSPS) is 16.7. The molecule has 0 aromatic carbocycles. The second-order valence-corrected chi connectivity index (χ2v) is 6.18. The Bertz CT molecular complexity index is 718. The number of aromatic nitrogens is 4. The lowest BCUT2D eigenvalue weighted by atomic mass is 10.1. The maximum absolute atomic E-state index is 13.0. The summed E-state index contributed by atoms with van der Waals surface area (Å²) in [5, 5.41) is 14.1. The fraction of sp³-hybridized carbons (Fsp3) is 0.667. The van der Waals surface area contributed by atoms with Gasteiger partial charge in [0.15, 0.2) is 5.65 Å². The van der Waals surface area contributed by atoms with Crippen LogP contribution in [0.5, 0.6) is 0 Å². The van der Waals surface area contributed by atoms with Crippen molar-refractivity contribution in [2.45, 2.75) is 39.3 Å². The zero-order valence-electron chi connectivity index (χ0n) is 13.8. The SMILES string of the molecule is Cc1c(NCCN2CCCCC2)nn2c(C(F)(F)F)nnc2c1C. The van der Waals surface area contributed by atoms with E-state index in [1.165, 1.54) is 19.3 Å². The number of likely N-dealkylation sites (tertiary alicyclic amines) is 1. The van der Waals surface area contributed by atoms with Gasteiger partial charge < -0.3 is 10.2 Å². The van der Waals surface area contributed by atoms with E-state index in [0.29, 0.717) is 17.9 Å². The van der Waals surface area contributed by atoms with Crippen molar-refractivity contribution in [2.75, 3.05) is 31.5 Å². The molecular formula is C15H21F3N6. The van der Waals surface area contributed by atoms with Crippen LogP contribution >= 0.6 is 0 Å². The zero-order valence-corrected chi connectivity index (χ0v) is 13.8. The first-order valence-corrected chi connectivity index (χ1v) is 8.14. The van der Waals surface area contributed by atoms with Crippen molar-refractivity contribution in [1.82, 2.24) is 24.7 Å². The molecule has 0 amide bonds. The van der Waals surface area contributed by atoms with Gasteiger partial charge in [-0.2, -0.15) is 17.7 Å². The third-order valence-corrected chi connectivity index (χ3v) is 4.52. The lowest BCUT2D eigenvalue weighted by molar-refractivity contribution is -0.146. The van der Waals surface area contributed by atoms with E-state index in [2.05, 4.69) is 25.5 Å². The lowest BCUT2D eigenvalue weighted by Crippen LogP contribution is -2.34. The predicted octanol–water partition coefficient (Wildman–Crippen LogP) is 2.66. The Balaban J connectivity index is 1.80. The van der Waals surface area contributed by atoms with Crippen LogP contribution in [0.25, 0.3) is 5.65 Å². The summed E-state index contributed by atoms with van der Waals surface area (Å²) in [6, 6.07) is 0. The fourth-order valence-electron chi connectivity index (χ4n) is 2.99. The number of nitrogens with zero attached hydrogens (tertiary/aromatic N) is 5. The van der Waals surface area contributed by atoms with Crippen LogP contribution in [0.15, 0.2) is 0 Å². The molecule has 1 saturated heterocycles. The van der Waals surface area contributed by atoms with Gasteiger partial charge in [0.05, 0.1) is 0 Å². The van der Waals surface area contributed by atoms with Gasteiger partial charge >= 0.3 is 6.18 Å². The molecule has 1 fully saturated rings. The van der Waals surface area contributed by atoms with Crippen molar-refractivity contribution in [3.05, 3.63) is 17.0 Å². The van der Waals surface area contributed by atoms with Gasteiger partial charge in [0, 0.05) is 18.7 Å². The van der Waals surface area contributed by atoms with Gasteiger partial charge in [-0.3, -0.25) is 0 Å². The Morgan fingerprint density at radius 3 is 2.42 bits per heavy atom. The first-order valence-electron chi connectivity index (χ1n) is 8.14. The van der Waals surface area contributed by atoms with Crippen LogP contribution in [0, 0.1) is 13.8 Å². The molecule has 0 radical (unpaired) electrons. The molecule has 1 aliphatic rings. The Labute approximate surface area is 138 Å². The van der Waals surface area contributed by atoms with Crippen molar-refractivity contribution in [3.63, 3.8) is 0 Å². The quantitative estimate of drug-likeness (QED) is 0.926. The number of rotatable bonds is 4. The molecule has 0 unspecified atom stereocenters. The monoisotopic (exact) mass is 342 g/mol. The van der Waals surface area contributed by atoms with E-state index in [0.717, 1.165) is 29.7 Å². The summed E-state index contributed by atoms with van der Waals surface area (Å²) >= 11 is 0. The molecule has 3 rings (SSSR count). The molecule has 2 aromatic rings. The Morgan fingerprint density at radius 1 is 1.04 bits per heavy atom. The number of alkyl halides is 3. The predicted molar refractivity (Wildman–Crippen MR) is 84.0 cm³/mol. The number of halogens is 3. The lowest BCUT2D eigenvalue weighted by Gasteiger charge is -2.26. The van der Waals surface area contributed by atoms with Crippen LogP contribution < -0.4 is 5.32 Å². The van der Waals surface area contributed by atoms with Crippen molar-refractivity contribution < 1.29 is 13.2 Å². The number of anilines is 1. The molecule has 1 N–H and O–H groups in total. The molecule has 24 heavy (non-hydrogen) atoms. The first kappa shape index (κ1) is 16.9. The highest BCUT2D eigenvalue weighted by Crippen LogP contribution is 2.29. The molecule has 132 valence electrons. The maximum atomic E-state index is 13.0. The van der Waals surface area contributed by atoms with Crippen molar-refractivity contribution in [3.8, 4) is 0 Å². The number of piperidine rings is 1. The van der Waals surface area contributed by atoms with E-state index in [-0.39, 0.29) is 5.65 Å². The van der Waals surface area contributed by atoms with Gasteiger partial charge in [-0.05, 0) is 45.3 Å². The minimum absolute atomic E-state index is 0.140. The molecule has 3 heterocycles. The highest BCUT2D eigenvalue weighted by Gasteiger charge is 2.38. The van der Waals surface area contributed by atoms with Crippen molar-refractivity contribution >= 4 is 11.5 Å². The third kappa shape index (κ3) is 3.31. The molecule has 0 aliphatic carbocycles. The van der Waals surface area contributed by atoms with Crippen molar-refractivity contribution in [2.24, 2.45) is 0 Å². The van der Waals surface area contributed by atoms with E-state index in [1.807, 2.05) is 6.92 Å². The highest BCUT2D eigenvalue weighted by molar-refractivity contribution is 5.58. The maximum Gasteiger partial charge on any atom is 0.453 e. The summed E-state index contributed by atoms with van der Waals surface area (Å²) in [4.78, 5) is 2.36. The molecule has 0 saturated carbocycles. The first-order chi connectivity index (χ1) is 11.4. The van der Waals surface area contributed by atoms with E-state index in [9.17, 15) is 13.2 Å². The number of nitrogens with one attached hydrogen (secondary N) is 1. The summed E-state index contributed by atoms with van der Waals surface area (Å²) in [6.07, 6.45) is -0.899. The van der Waals surface area contributed by atoms with Crippen LogP contribution in [0.2, 0.25) is 0 Å². The second-order valence-electron chi connectivity index (χ2n) is 6.18. The summed E-state index contributed by atoms with van der Waals surface area (Å²) in [5.74, 6) is -0.651. The summed E-state index contributed by atoms with van der Waals surface area (Å²) in [5.41, 5.74) is 1.58. The van der Waals surface area contributed by atoms with Crippen LogP contribution in [-0.4, -0.2) is 50.9 Å². The molecule has 6 nitrogen and oxygen atoms in total. The standard InChI is InChI=1S/C15H21F3N6/c1-10-11(2)13-20-21-14(15(16,17)18)24(13)22-12(10)19-6-9-23-7-4-3-5-8-23/h3-9H2,1-2H3,(H,19,22). The molecule has 0 bridgehead atoms. The molecule has 9 heteroatoms. The van der Waals surface area contributed by atoms with Gasteiger partial charge in [-0.25, -0.2) is 0 Å². The van der Waals surface area contributed by atoms with Crippen LogP contribution in [-0.2, 0) is 6.18 Å². The summed E-state index contributed by atoms with van der Waals surface area (Å²) in [6.45, 7) is 7.21. The zero-order chi connectivity index (χ0) is 17.3. The van der Waals surface area contributed by atoms with E-state index >= 15 is 0 Å². The Hall–Kier alpha value is -1.90. The minimum Gasteiger partial charge on any atom is -0.367 e. The molecule has 1 aliphatic heterocycles. The average molecular weight is 342 g/mol. The molecule has 0 spiro atoms. The Morgan fingerprint density at radius 2 is 1.75 bits per heavy atom. The average Bonchev–Trinajstić information content (AvgIpc) is 2.97. The number of aryl methyl sites for hydroxylation is 1. The largest absolute Gasteiger partial charge is 0.453 e. The van der Waals surface area contributed by atoms with Crippen LogP contribution in [0.3, 0.4) is 0 Å². The van der Waals surface area contributed by atoms with Crippen LogP contribution in [0.4, 0.5) is 19.0 Å². The van der Waals surface area contributed by atoms with Gasteiger partial charge in [0.2, 0.25) is 0 Å². The number of hydrogen-bond acceptors (Lipinski definition) is 5. The van der Waals surface area contributed by atoms with Gasteiger partial charge in [0.25, 0.3) is 5.82 Å². The minimum atomic E-state index is -4.58. The second kappa shape index (κ2) is 6.54. The number of fused-ring (bicyclic) bond motifs is 1. The van der Waals surface area contributed by atoms with E-state index in [1.54, 1.807) is 6.92 Å². The topological polar surface area (TPSA) is 58.4 Å². The molecule has 0 atom stereocenters. The third-order valence-electron chi connectivity index (χ3n) is 4.52. The summed E-state index contributed by atoms with van der Waals surface area (Å²) in [7, 11) is 0. The Kier molecular flexibility index (Phi) is 4.62. The van der Waals surface area contributed by atoms with Gasteiger partial charge in [-0.15, -0.1) is 15.3 Å². The smallest absolute Gasteiger partial charge is 0.367 e. The fourth-order valence-corrected chi connectivity index (χ4v) is 2.99. The molecular weight excluding hydrogens is 321 g/mol. The number of hydrogen-bond donors (Lipinski definition) is 1. The van der Waals surface area contributed by atoms with Crippen molar-refractivity contribution in [1.29, 1.82) is 0 Å². The molecule has 2 aromatic heterocycles. The summed E-state index contributed by atoms with van der Waals surface area (Å²) < 4.78 is 39.8.